The van der Waals surface area contributed by atoms with Crippen LogP contribution in [0.5, 0.6) is 5.75 Å². The van der Waals surface area contributed by atoms with Crippen LogP contribution in [0.1, 0.15) is 25.7 Å². The van der Waals surface area contributed by atoms with Crippen molar-refractivity contribution in [3.63, 3.8) is 0 Å². The van der Waals surface area contributed by atoms with Crippen molar-refractivity contribution < 1.29 is 28.6 Å². The Hall–Kier alpha value is -2.15. The molecule has 1 saturated carbocycles. The van der Waals surface area contributed by atoms with Crippen LogP contribution in [0.3, 0.4) is 0 Å². The van der Waals surface area contributed by atoms with Gasteiger partial charge in [0.25, 0.3) is 5.91 Å². The zero-order valence-electron chi connectivity index (χ0n) is 13.2. The van der Waals surface area contributed by atoms with Crippen LogP contribution in [0.25, 0.3) is 0 Å². The second-order valence-corrected chi connectivity index (χ2v) is 6.45. The lowest BCUT2D eigenvalue weighted by Crippen LogP contribution is -2.56. The molecule has 1 saturated heterocycles. The lowest BCUT2D eigenvalue weighted by atomic mass is 9.66. The van der Waals surface area contributed by atoms with Crippen LogP contribution < -0.4 is 10.1 Å². The molecular formula is C17H20FNO5. The highest BCUT2D eigenvalue weighted by molar-refractivity contribution is 5.78. The molecule has 6 nitrogen and oxygen atoms in total. The van der Waals surface area contributed by atoms with Gasteiger partial charge in [-0.05, 0) is 37.8 Å². The fourth-order valence-corrected chi connectivity index (χ4v) is 3.42. The van der Waals surface area contributed by atoms with Gasteiger partial charge in [-0.15, -0.1) is 0 Å². The molecule has 1 aliphatic carbocycles. The van der Waals surface area contributed by atoms with Gasteiger partial charge in [-0.2, -0.15) is 0 Å². The molecule has 1 aromatic carbocycles. The lowest BCUT2D eigenvalue weighted by Gasteiger charge is -2.50. The first-order valence-electron chi connectivity index (χ1n) is 8.01. The summed E-state index contributed by atoms with van der Waals surface area (Å²) in [5, 5.41) is 11.8. The Balaban J connectivity index is 1.46. The molecule has 0 radical (unpaired) electrons. The van der Waals surface area contributed by atoms with Crippen LogP contribution in [0.15, 0.2) is 24.3 Å². The summed E-state index contributed by atoms with van der Waals surface area (Å²) >= 11 is 0. The molecule has 1 aromatic rings. The molecule has 0 aromatic heterocycles. The highest BCUT2D eigenvalue weighted by Crippen LogP contribution is 2.46. The molecule has 3 rings (SSSR count). The van der Waals surface area contributed by atoms with E-state index in [0.717, 1.165) is 0 Å². The zero-order valence-corrected chi connectivity index (χ0v) is 13.2. The Labute approximate surface area is 138 Å². The molecule has 130 valence electrons. The number of benzene rings is 1. The Bertz CT molecular complexity index is 629. The van der Waals surface area contributed by atoms with Crippen molar-refractivity contribution in [3.8, 4) is 5.75 Å². The third kappa shape index (κ3) is 3.67. The maximum absolute atomic E-state index is 13.4. The third-order valence-corrected chi connectivity index (χ3v) is 4.64. The number of hydrogen-bond acceptors (Lipinski definition) is 4. The van der Waals surface area contributed by atoms with Gasteiger partial charge in [0.1, 0.15) is 0 Å². The molecular weight excluding hydrogens is 317 g/mol. The summed E-state index contributed by atoms with van der Waals surface area (Å²) in [7, 11) is 0. The molecule has 1 amide bonds. The number of halogens is 1. The second-order valence-electron chi connectivity index (χ2n) is 6.45. The maximum Gasteiger partial charge on any atom is 0.306 e. The van der Waals surface area contributed by atoms with E-state index in [-0.39, 0.29) is 30.2 Å². The van der Waals surface area contributed by atoms with E-state index < -0.39 is 17.4 Å². The Morgan fingerprint density at radius 2 is 2.08 bits per heavy atom. The minimum atomic E-state index is -0.798. The molecule has 1 heterocycles. The highest BCUT2D eigenvalue weighted by atomic mass is 19.1. The summed E-state index contributed by atoms with van der Waals surface area (Å²) in [6.07, 6.45) is 2.24. The Kier molecular flexibility index (Phi) is 4.71. The van der Waals surface area contributed by atoms with Crippen molar-refractivity contribution in [2.75, 3.05) is 13.2 Å². The average molecular weight is 337 g/mol. The summed E-state index contributed by atoms with van der Waals surface area (Å²) < 4.78 is 24.4. The van der Waals surface area contributed by atoms with Crippen LogP contribution in [0, 0.1) is 11.7 Å². The van der Waals surface area contributed by atoms with E-state index >= 15 is 0 Å². The minimum absolute atomic E-state index is 0.0411. The van der Waals surface area contributed by atoms with Gasteiger partial charge in [-0.1, -0.05) is 12.1 Å². The average Bonchev–Trinajstić information content (AvgIpc) is 2.52. The molecule has 24 heavy (non-hydrogen) atoms. The number of amides is 1. The number of rotatable bonds is 5. The van der Waals surface area contributed by atoms with Gasteiger partial charge in [0.2, 0.25) is 0 Å². The smallest absolute Gasteiger partial charge is 0.306 e. The van der Waals surface area contributed by atoms with E-state index in [1.807, 2.05) is 0 Å². The number of carboxylic acid groups (broad SMARTS) is 1. The number of nitrogens with one attached hydrogen (secondary N) is 1. The Morgan fingerprint density at radius 3 is 2.79 bits per heavy atom. The standard InChI is InChI=1S/C17H20FNO5/c18-13-3-1-2-4-14(13)23-10-15(20)19-12-5-6-24-17(9-12)7-11(8-17)16(21)22/h1-4,11-12H,5-10H2,(H,19,20)(H,21,22). The van der Waals surface area contributed by atoms with E-state index in [0.29, 0.717) is 32.3 Å². The number of ether oxygens (including phenoxy) is 2. The third-order valence-electron chi connectivity index (χ3n) is 4.64. The van der Waals surface area contributed by atoms with Gasteiger partial charge in [-0.3, -0.25) is 9.59 Å². The Morgan fingerprint density at radius 1 is 1.33 bits per heavy atom. The fourth-order valence-electron chi connectivity index (χ4n) is 3.42. The predicted octanol–water partition coefficient (Wildman–Crippen LogP) is 1.73. The molecule has 1 aliphatic heterocycles. The topological polar surface area (TPSA) is 84.9 Å². The van der Waals surface area contributed by atoms with Crippen molar-refractivity contribution in [3.05, 3.63) is 30.1 Å². The van der Waals surface area contributed by atoms with Gasteiger partial charge in [0, 0.05) is 12.6 Å². The summed E-state index contributed by atoms with van der Waals surface area (Å²) in [6, 6.07) is 5.84. The number of carbonyl (C=O) groups excluding carboxylic acids is 1. The van der Waals surface area contributed by atoms with Gasteiger partial charge < -0.3 is 19.9 Å². The molecule has 0 bridgehead atoms. The van der Waals surface area contributed by atoms with Crippen molar-refractivity contribution in [2.24, 2.45) is 5.92 Å². The largest absolute Gasteiger partial charge is 0.481 e. The van der Waals surface area contributed by atoms with Gasteiger partial charge in [0.05, 0.1) is 11.5 Å². The molecule has 2 fully saturated rings. The van der Waals surface area contributed by atoms with E-state index in [4.69, 9.17) is 14.6 Å². The first kappa shape index (κ1) is 16.7. The van der Waals surface area contributed by atoms with Crippen molar-refractivity contribution >= 4 is 11.9 Å². The highest BCUT2D eigenvalue weighted by Gasteiger charge is 2.51. The SMILES string of the molecule is O=C(COc1ccccc1F)NC1CCOC2(C1)CC(C(=O)O)C2. The maximum atomic E-state index is 13.4. The summed E-state index contributed by atoms with van der Waals surface area (Å²) in [4.78, 5) is 22.9. The zero-order chi connectivity index (χ0) is 17.2. The van der Waals surface area contributed by atoms with E-state index in [2.05, 4.69) is 5.32 Å². The summed E-state index contributed by atoms with van der Waals surface area (Å²) in [5.41, 5.74) is -0.425. The van der Waals surface area contributed by atoms with Crippen LogP contribution >= 0.6 is 0 Å². The van der Waals surface area contributed by atoms with Crippen LogP contribution in [0.2, 0.25) is 0 Å². The van der Waals surface area contributed by atoms with Crippen molar-refractivity contribution in [2.45, 2.75) is 37.3 Å². The lowest BCUT2D eigenvalue weighted by molar-refractivity contribution is -0.182. The van der Waals surface area contributed by atoms with Gasteiger partial charge in [-0.25, -0.2) is 4.39 Å². The normalized spacial score (nSPS) is 28.9. The number of aliphatic carboxylic acids is 1. The minimum Gasteiger partial charge on any atom is -0.481 e. The first-order valence-corrected chi connectivity index (χ1v) is 8.01. The number of carbonyl (C=O) groups is 2. The van der Waals surface area contributed by atoms with E-state index in [9.17, 15) is 14.0 Å². The van der Waals surface area contributed by atoms with Gasteiger partial charge in [0.15, 0.2) is 18.2 Å². The molecule has 7 heteroatoms. The monoisotopic (exact) mass is 337 g/mol. The fraction of sp³-hybridized carbons (Fsp3) is 0.529. The van der Waals surface area contributed by atoms with Crippen molar-refractivity contribution in [1.29, 1.82) is 0 Å². The molecule has 1 unspecified atom stereocenters. The van der Waals surface area contributed by atoms with E-state index in [1.165, 1.54) is 12.1 Å². The molecule has 2 N–H and O–H groups in total. The quantitative estimate of drug-likeness (QED) is 0.855. The molecule has 1 spiro atoms. The number of hydrogen-bond donors (Lipinski definition) is 2. The summed E-state index contributed by atoms with van der Waals surface area (Å²) in [5.74, 6) is -1.95. The second kappa shape index (κ2) is 6.76. The van der Waals surface area contributed by atoms with Crippen molar-refractivity contribution in [1.82, 2.24) is 5.32 Å². The molecule has 2 aliphatic rings. The van der Waals surface area contributed by atoms with Crippen LogP contribution in [0.4, 0.5) is 4.39 Å². The van der Waals surface area contributed by atoms with Gasteiger partial charge >= 0.3 is 5.97 Å². The summed E-state index contributed by atoms with van der Waals surface area (Å²) in [6.45, 7) is 0.231. The first-order chi connectivity index (χ1) is 11.5. The van der Waals surface area contributed by atoms with Crippen LogP contribution in [-0.2, 0) is 14.3 Å². The van der Waals surface area contributed by atoms with E-state index in [1.54, 1.807) is 12.1 Å². The predicted molar refractivity (Wildman–Crippen MR) is 82.1 cm³/mol. The van der Waals surface area contributed by atoms with Crippen LogP contribution in [-0.4, -0.2) is 41.8 Å². The number of para-hydroxylation sites is 1. The number of carboxylic acids is 1. The molecule has 1 atom stereocenters.